The third kappa shape index (κ3) is 1.47. The Morgan fingerprint density at radius 1 is 1.55 bits per heavy atom. The fourth-order valence-corrected chi connectivity index (χ4v) is 0.743. The Morgan fingerprint density at radius 3 is 2.82 bits per heavy atom. The normalized spacial score (nSPS) is 9.18. The molecule has 4 heteroatoms. The van der Waals surface area contributed by atoms with Crippen LogP contribution in [0.15, 0.2) is 18.2 Å². The van der Waals surface area contributed by atoms with Gasteiger partial charge < -0.3 is 10.5 Å². The quantitative estimate of drug-likeness (QED) is 0.249. The zero-order valence-corrected chi connectivity index (χ0v) is 5.74. The second-order valence-corrected chi connectivity index (χ2v) is 2.04. The van der Waals surface area contributed by atoms with Crippen LogP contribution in [0.25, 0.3) is 0 Å². The predicted molar refractivity (Wildman–Crippen MR) is 41.3 cm³/mol. The number of hydrogen-bond donors (Lipinski definition) is 3. The highest BCUT2D eigenvalue weighted by molar-refractivity contribution is 5.78. The predicted octanol–water partition coefficient (Wildman–Crippen LogP) is 0.490. The van der Waals surface area contributed by atoms with E-state index in [2.05, 4.69) is 5.43 Å². The number of phenols is 1. The van der Waals surface area contributed by atoms with E-state index < -0.39 is 0 Å². The maximum Gasteiger partial charge on any atom is 0.150 e. The molecular formula is C7H8N2O2. The number of aromatic hydroxyl groups is 1. The summed E-state index contributed by atoms with van der Waals surface area (Å²) in [5, 5.41) is 9.07. The number of nitrogen functional groups attached to an aromatic ring is 1. The highest BCUT2D eigenvalue weighted by atomic mass is 16.3. The second kappa shape index (κ2) is 3.03. The molecule has 1 aromatic rings. The topological polar surface area (TPSA) is 75.3 Å². The summed E-state index contributed by atoms with van der Waals surface area (Å²) in [6, 6.07) is 4.37. The number of aldehydes is 1. The van der Waals surface area contributed by atoms with E-state index in [4.69, 9.17) is 10.9 Å². The fraction of sp³-hybridized carbons (Fsp3) is 0. The molecule has 0 amide bonds. The van der Waals surface area contributed by atoms with Crippen molar-refractivity contribution in [1.29, 1.82) is 0 Å². The zero-order valence-electron chi connectivity index (χ0n) is 5.74. The molecule has 0 aromatic heterocycles. The van der Waals surface area contributed by atoms with Crippen molar-refractivity contribution in [3.05, 3.63) is 23.8 Å². The Kier molecular flexibility index (Phi) is 2.08. The van der Waals surface area contributed by atoms with Gasteiger partial charge in [-0.2, -0.15) is 0 Å². The standard InChI is InChI=1S/C7H8N2O2/c8-9-6-3-5(4-10)1-2-7(6)11/h1-4,9,11H,8H2. The molecule has 11 heavy (non-hydrogen) atoms. The molecule has 0 saturated carbocycles. The van der Waals surface area contributed by atoms with Gasteiger partial charge in [0, 0.05) is 5.56 Å². The SMILES string of the molecule is NNc1cc(C=O)ccc1O. The van der Waals surface area contributed by atoms with Crippen LogP contribution in [0.2, 0.25) is 0 Å². The van der Waals surface area contributed by atoms with Gasteiger partial charge in [0.05, 0.1) is 5.69 Å². The molecule has 0 aliphatic heterocycles. The van der Waals surface area contributed by atoms with Crippen molar-refractivity contribution in [2.24, 2.45) is 5.84 Å². The van der Waals surface area contributed by atoms with Gasteiger partial charge in [0.15, 0.2) is 0 Å². The summed E-state index contributed by atoms with van der Waals surface area (Å²) in [4.78, 5) is 10.2. The minimum Gasteiger partial charge on any atom is -0.506 e. The van der Waals surface area contributed by atoms with Crippen LogP contribution in [0.5, 0.6) is 5.75 Å². The fourth-order valence-electron chi connectivity index (χ4n) is 0.743. The summed E-state index contributed by atoms with van der Waals surface area (Å²) in [6.45, 7) is 0. The molecule has 0 unspecified atom stereocenters. The molecule has 1 aromatic carbocycles. The highest BCUT2D eigenvalue weighted by Crippen LogP contribution is 2.21. The summed E-state index contributed by atoms with van der Waals surface area (Å²) in [7, 11) is 0. The minimum atomic E-state index is 0.0260. The molecule has 0 fully saturated rings. The van der Waals surface area contributed by atoms with Crippen molar-refractivity contribution in [3.8, 4) is 5.75 Å². The minimum absolute atomic E-state index is 0.0260. The zero-order chi connectivity index (χ0) is 8.27. The van der Waals surface area contributed by atoms with Gasteiger partial charge in [0.25, 0.3) is 0 Å². The van der Waals surface area contributed by atoms with Gasteiger partial charge >= 0.3 is 0 Å². The van der Waals surface area contributed by atoms with Gasteiger partial charge in [0.2, 0.25) is 0 Å². The van der Waals surface area contributed by atoms with Gasteiger partial charge in [-0.1, -0.05) is 0 Å². The van der Waals surface area contributed by atoms with E-state index in [0.717, 1.165) is 0 Å². The summed E-state index contributed by atoms with van der Waals surface area (Å²) < 4.78 is 0. The molecule has 0 aliphatic carbocycles. The van der Waals surface area contributed by atoms with E-state index in [-0.39, 0.29) is 5.75 Å². The average molecular weight is 152 g/mol. The van der Waals surface area contributed by atoms with Gasteiger partial charge in [-0.15, -0.1) is 0 Å². The molecule has 1 rings (SSSR count). The van der Waals surface area contributed by atoms with Crippen LogP contribution in [0.3, 0.4) is 0 Å². The maximum absolute atomic E-state index is 10.2. The summed E-state index contributed by atoms with van der Waals surface area (Å²) >= 11 is 0. The lowest BCUT2D eigenvalue weighted by Gasteiger charge is -2.02. The molecule has 0 atom stereocenters. The Balaban J connectivity index is 3.12. The first kappa shape index (κ1) is 7.56. The Hall–Kier alpha value is -1.55. The lowest BCUT2D eigenvalue weighted by Crippen LogP contribution is -2.06. The van der Waals surface area contributed by atoms with Crippen LogP contribution in [0, 0.1) is 0 Å². The van der Waals surface area contributed by atoms with E-state index in [1.807, 2.05) is 0 Å². The smallest absolute Gasteiger partial charge is 0.150 e. The first-order valence-electron chi connectivity index (χ1n) is 3.02. The van der Waals surface area contributed by atoms with E-state index >= 15 is 0 Å². The van der Waals surface area contributed by atoms with E-state index in [1.165, 1.54) is 18.2 Å². The number of carbonyl (C=O) groups excluding carboxylic acids is 1. The van der Waals surface area contributed by atoms with Crippen LogP contribution >= 0.6 is 0 Å². The van der Waals surface area contributed by atoms with E-state index in [1.54, 1.807) is 0 Å². The second-order valence-electron chi connectivity index (χ2n) is 2.04. The number of anilines is 1. The molecule has 0 heterocycles. The van der Waals surface area contributed by atoms with Crippen molar-refractivity contribution in [2.75, 3.05) is 5.43 Å². The van der Waals surface area contributed by atoms with Gasteiger partial charge in [-0.25, -0.2) is 0 Å². The first-order chi connectivity index (χ1) is 5.27. The lowest BCUT2D eigenvalue weighted by molar-refractivity contribution is 0.112. The summed E-state index contributed by atoms with van der Waals surface area (Å²) in [6.07, 6.45) is 0.681. The molecule has 0 radical (unpaired) electrons. The van der Waals surface area contributed by atoms with Crippen LogP contribution in [-0.4, -0.2) is 11.4 Å². The van der Waals surface area contributed by atoms with Gasteiger partial charge in [0.1, 0.15) is 12.0 Å². The van der Waals surface area contributed by atoms with Crippen molar-refractivity contribution in [1.82, 2.24) is 0 Å². The number of hydrazine groups is 1. The lowest BCUT2D eigenvalue weighted by atomic mass is 10.2. The highest BCUT2D eigenvalue weighted by Gasteiger charge is 1.98. The summed E-state index contributed by atoms with van der Waals surface area (Å²) in [5.41, 5.74) is 3.07. The Morgan fingerprint density at radius 2 is 2.27 bits per heavy atom. The maximum atomic E-state index is 10.2. The van der Waals surface area contributed by atoms with Crippen molar-refractivity contribution >= 4 is 12.0 Å². The van der Waals surface area contributed by atoms with Crippen LogP contribution < -0.4 is 11.3 Å². The summed E-state index contributed by atoms with van der Waals surface area (Å²) in [5.74, 6) is 5.07. The molecule has 0 bridgehead atoms. The number of hydrogen-bond acceptors (Lipinski definition) is 4. The number of benzene rings is 1. The molecule has 4 N–H and O–H groups in total. The van der Waals surface area contributed by atoms with Gasteiger partial charge in [-0.05, 0) is 18.2 Å². The monoisotopic (exact) mass is 152 g/mol. The molecule has 58 valence electrons. The third-order valence-electron chi connectivity index (χ3n) is 1.31. The van der Waals surface area contributed by atoms with Crippen LogP contribution in [0.4, 0.5) is 5.69 Å². The molecule has 4 nitrogen and oxygen atoms in total. The van der Waals surface area contributed by atoms with Crippen molar-refractivity contribution in [3.63, 3.8) is 0 Å². The number of phenolic OH excluding ortho intramolecular Hbond substituents is 1. The molecular weight excluding hydrogens is 144 g/mol. The van der Waals surface area contributed by atoms with E-state index in [0.29, 0.717) is 17.5 Å². The molecule has 0 aliphatic rings. The van der Waals surface area contributed by atoms with E-state index in [9.17, 15) is 4.79 Å². The largest absolute Gasteiger partial charge is 0.506 e. The van der Waals surface area contributed by atoms with Crippen LogP contribution in [-0.2, 0) is 0 Å². The number of nitrogens with one attached hydrogen (secondary N) is 1. The first-order valence-corrected chi connectivity index (χ1v) is 3.02. The van der Waals surface area contributed by atoms with Gasteiger partial charge in [-0.3, -0.25) is 10.6 Å². The number of carbonyl (C=O) groups is 1. The Labute approximate surface area is 63.6 Å². The third-order valence-corrected chi connectivity index (χ3v) is 1.31. The Bertz CT molecular complexity index is 273. The number of rotatable bonds is 2. The van der Waals surface area contributed by atoms with Crippen molar-refractivity contribution in [2.45, 2.75) is 0 Å². The average Bonchev–Trinajstić information content (AvgIpc) is 2.05. The van der Waals surface area contributed by atoms with Crippen LogP contribution in [0.1, 0.15) is 10.4 Å². The van der Waals surface area contributed by atoms with Crippen molar-refractivity contribution < 1.29 is 9.90 Å². The molecule has 0 spiro atoms. The number of nitrogens with two attached hydrogens (primary N) is 1. The molecule has 0 saturated heterocycles.